The number of hydrogen-bond acceptors (Lipinski definition) is 3. The topological polar surface area (TPSA) is 59.0 Å². The molecule has 0 saturated carbocycles. The van der Waals surface area contributed by atoms with Crippen LogP contribution >= 0.6 is 12.4 Å². The second-order valence-corrected chi connectivity index (χ2v) is 6.29. The Morgan fingerprint density at radius 2 is 1.84 bits per heavy atom. The highest BCUT2D eigenvalue weighted by molar-refractivity contribution is 5.85. The van der Waals surface area contributed by atoms with E-state index in [1.807, 2.05) is 36.4 Å². The molecule has 0 bridgehead atoms. The van der Waals surface area contributed by atoms with Crippen LogP contribution in [0, 0.1) is 11.3 Å². The van der Waals surface area contributed by atoms with E-state index in [-0.39, 0.29) is 12.4 Å². The summed E-state index contributed by atoms with van der Waals surface area (Å²) in [6.45, 7) is 1.23. The van der Waals surface area contributed by atoms with E-state index < -0.39 is 0 Å². The quantitative estimate of drug-likeness (QED) is 0.762. The maximum Gasteiger partial charge on any atom is 0.120 e. The minimum atomic E-state index is 0. The van der Waals surface area contributed by atoms with Crippen molar-refractivity contribution in [2.24, 2.45) is 5.73 Å². The first-order valence-electron chi connectivity index (χ1n) is 8.15. The van der Waals surface area contributed by atoms with E-state index in [9.17, 15) is 0 Å². The van der Waals surface area contributed by atoms with Crippen LogP contribution in [0.5, 0.6) is 5.75 Å². The highest BCUT2D eigenvalue weighted by Gasteiger charge is 2.24. The molecule has 3 aromatic carbocycles. The lowest BCUT2D eigenvalue weighted by atomic mass is 9.77. The summed E-state index contributed by atoms with van der Waals surface area (Å²) in [5.74, 6) is 1.38. The normalized spacial score (nSPS) is 14.8. The molecule has 0 saturated heterocycles. The Balaban J connectivity index is 0.00000182. The minimum absolute atomic E-state index is 0. The fourth-order valence-electron chi connectivity index (χ4n) is 3.30. The van der Waals surface area contributed by atoms with Gasteiger partial charge in [-0.25, -0.2) is 0 Å². The van der Waals surface area contributed by atoms with Gasteiger partial charge in [0.1, 0.15) is 12.4 Å². The Kier molecular flexibility index (Phi) is 4.94. The van der Waals surface area contributed by atoms with Crippen molar-refractivity contribution in [2.45, 2.75) is 18.9 Å². The van der Waals surface area contributed by atoms with E-state index >= 15 is 0 Å². The van der Waals surface area contributed by atoms with Crippen LogP contribution in [0.15, 0.2) is 54.6 Å². The van der Waals surface area contributed by atoms with Crippen molar-refractivity contribution < 1.29 is 4.74 Å². The van der Waals surface area contributed by atoms with Gasteiger partial charge >= 0.3 is 0 Å². The number of nitrogens with zero attached hydrogens (tertiary/aromatic N) is 1. The van der Waals surface area contributed by atoms with Crippen molar-refractivity contribution in [1.29, 1.82) is 5.26 Å². The minimum Gasteiger partial charge on any atom is -0.489 e. The first kappa shape index (κ1) is 17.3. The number of hydrogen-bond donors (Lipinski definition) is 1. The first-order valence-corrected chi connectivity index (χ1v) is 8.15. The molecule has 0 amide bonds. The van der Waals surface area contributed by atoms with Gasteiger partial charge in [0.05, 0.1) is 11.6 Å². The first-order chi connectivity index (χ1) is 11.8. The van der Waals surface area contributed by atoms with Gasteiger partial charge < -0.3 is 10.5 Å². The zero-order chi connectivity index (χ0) is 16.5. The molecular weight excluding hydrogens is 332 g/mol. The molecule has 3 nitrogen and oxygen atoms in total. The second-order valence-electron chi connectivity index (χ2n) is 6.29. The zero-order valence-corrected chi connectivity index (χ0v) is 14.6. The van der Waals surface area contributed by atoms with Gasteiger partial charge in [-0.15, -0.1) is 12.4 Å². The van der Waals surface area contributed by atoms with Crippen molar-refractivity contribution in [3.8, 4) is 11.8 Å². The van der Waals surface area contributed by atoms with Crippen LogP contribution in [0.25, 0.3) is 10.8 Å². The van der Waals surface area contributed by atoms with Gasteiger partial charge in [-0.3, -0.25) is 0 Å². The van der Waals surface area contributed by atoms with Gasteiger partial charge in [0.25, 0.3) is 0 Å². The van der Waals surface area contributed by atoms with Crippen molar-refractivity contribution in [3.05, 3.63) is 76.9 Å². The summed E-state index contributed by atoms with van der Waals surface area (Å²) >= 11 is 0. The Morgan fingerprint density at radius 3 is 2.64 bits per heavy atom. The van der Waals surface area contributed by atoms with Crippen LogP contribution in [-0.4, -0.2) is 6.54 Å². The summed E-state index contributed by atoms with van der Waals surface area (Å²) < 4.78 is 5.96. The standard InChI is InChI=1S/C21H18N2O.ClH/c22-11-14-1-3-17-8-15(2-4-16(17)7-14)13-24-20-6-5-18-9-19(12-23)21(18)10-20;/h1-8,10,19H,9,12-13,23H2;1H. The lowest BCUT2D eigenvalue weighted by Gasteiger charge is -2.29. The number of nitrogens with two attached hydrogens (primary N) is 1. The van der Waals surface area contributed by atoms with E-state index in [4.69, 9.17) is 15.7 Å². The van der Waals surface area contributed by atoms with E-state index in [0.717, 1.165) is 28.5 Å². The SMILES string of the molecule is Cl.N#Cc1ccc2cc(COc3ccc4c(c3)C(CN)C4)ccc2c1. The van der Waals surface area contributed by atoms with Crippen molar-refractivity contribution in [2.75, 3.05) is 6.54 Å². The highest BCUT2D eigenvalue weighted by Crippen LogP contribution is 2.36. The Morgan fingerprint density at radius 1 is 1.04 bits per heavy atom. The van der Waals surface area contributed by atoms with E-state index in [0.29, 0.717) is 24.6 Å². The van der Waals surface area contributed by atoms with Crippen LogP contribution < -0.4 is 10.5 Å². The Bertz CT molecular complexity index is 962. The molecule has 0 spiro atoms. The third kappa shape index (κ3) is 3.32. The summed E-state index contributed by atoms with van der Waals surface area (Å²) in [6, 6.07) is 20.4. The van der Waals surface area contributed by atoms with Crippen LogP contribution in [0.2, 0.25) is 0 Å². The summed E-state index contributed by atoms with van der Waals surface area (Å²) in [4.78, 5) is 0. The summed E-state index contributed by atoms with van der Waals surface area (Å²) in [7, 11) is 0. The largest absolute Gasteiger partial charge is 0.489 e. The van der Waals surface area contributed by atoms with E-state index in [1.165, 1.54) is 11.1 Å². The van der Waals surface area contributed by atoms with Crippen LogP contribution in [0.4, 0.5) is 0 Å². The lowest BCUT2D eigenvalue weighted by molar-refractivity contribution is 0.305. The highest BCUT2D eigenvalue weighted by atomic mass is 35.5. The van der Waals surface area contributed by atoms with Crippen molar-refractivity contribution in [3.63, 3.8) is 0 Å². The van der Waals surface area contributed by atoms with Gasteiger partial charge in [0.15, 0.2) is 0 Å². The molecule has 0 heterocycles. The Hall–Kier alpha value is -2.54. The van der Waals surface area contributed by atoms with Gasteiger partial charge in [-0.05, 0) is 70.8 Å². The molecular formula is C21H19ClN2O. The summed E-state index contributed by atoms with van der Waals surface area (Å²) in [5.41, 5.74) is 10.3. The molecule has 126 valence electrons. The van der Waals surface area contributed by atoms with Gasteiger partial charge in [0, 0.05) is 5.92 Å². The maximum atomic E-state index is 8.97. The molecule has 0 radical (unpaired) electrons. The van der Waals surface area contributed by atoms with E-state index in [2.05, 4.69) is 24.3 Å². The van der Waals surface area contributed by atoms with Gasteiger partial charge in [-0.1, -0.05) is 24.3 Å². The number of fused-ring (bicyclic) bond motifs is 2. The van der Waals surface area contributed by atoms with Gasteiger partial charge in [-0.2, -0.15) is 5.26 Å². The smallest absolute Gasteiger partial charge is 0.120 e. The molecule has 1 atom stereocenters. The fraction of sp³-hybridized carbons (Fsp3) is 0.190. The van der Waals surface area contributed by atoms with Crippen LogP contribution in [-0.2, 0) is 13.0 Å². The number of halogens is 1. The van der Waals surface area contributed by atoms with Gasteiger partial charge in [0.2, 0.25) is 0 Å². The molecule has 1 aliphatic rings. The molecule has 1 aliphatic carbocycles. The monoisotopic (exact) mass is 350 g/mol. The number of benzene rings is 3. The number of ether oxygens (including phenoxy) is 1. The molecule has 0 fully saturated rings. The molecule has 3 aromatic rings. The van der Waals surface area contributed by atoms with Crippen LogP contribution in [0.3, 0.4) is 0 Å². The molecule has 0 aromatic heterocycles. The zero-order valence-electron chi connectivity index (χ0n) is 13.7. The fourth-order valence-corrected chi connectivity index (χ4v) is 3.30. The van der Waals surface area contributed by atoms with Crippen LogP contribution in [0.1, 0.15) is 28.2 Å². The van der Waals surface area contributed by atoms with E-state index in [1.54, 1.807) is 0 Å². The number of nitriles is 1. The molecule has 4 rings (SSSR count). The molecule has 25 heavy (non-hydrogen) atoms. The second kappa shape index (κ2) is 7.14. The van der Waals surface area contributed by atoms with Crippen molar-refractivity contribution >= 4 is 23.2 Å². The molecule has 0 aliphatic heterocycles. The molecule has 2 N–H and O–H groups in total. The average molecular weight is 351 g/mol. The summed E-state index contributed by atoms with van der Waals surface area (Å²) in [5, 5.41) is 11.2. The third-order valence-corrected chi connectivity index (χ3v) is 4.75. The number of rotatable bonds is 4. The predicted octanol–water partition coefficient (Wildman–Crippen LogP) is 4.31. The lowest BCUT2D eigenvalue weighted by Crippen LogP contribution is -2.24. The average Bonchev–Trinajstić information content (AvgIpc) is 2.61. The predicted molar refractivity (Wildman–Crippen MR) is 102 cm³/mol. The molecule has 4 heteroatoms. The van der Waals surface area contributed by atoms with Crippen molar-refractivity contribution in [1.82, 2.24) is 0 Å². The third-order valence-electron chi connectivity index (χ3n) is 4.75. The maximum absolute atomic E-state index is 8.97. The Labute approximate surface area is 153 Å². The molecule has 1 unspecified atom stereocenters. The summed E-state index contributed by atoms with van der Waals surface area (Å²) in [6.07, 6.45) is 1.08.